The van der Waals surface area contributed by atoms with Crippen molar-refractivity contribution in [2.75, 3.05) is 0 Å². The third-order valence-corrected chi connectivity index (χ3v) is 8.34. The second-order valence-corrected chi connectivity index (χ2v) is 14.9. The molecular weight excluding hydrogens is 869 g/mol. The Kier molecular flexibility index (Phi) is 15.6. The molecule has 324 valence electrons. The number of rotatable bonds is 14. The third-order valence-electron chi connectivity index (χ3n) is 7.87. The first-order chi connectivity index (χ1) is 29.3. The predicted molar refractivity (Wildman–Crippen MR) is 214 cm³/mol. The largest absolute Gasteiger partial charge is 0.484 e. The van der Waals surface area contributed by atoms with Crippen molar-refractivity contribution in [1.29, 1.82) is 0 Å². The lowest BCUT2D eigenvalue weighted by molar-refractivity contribution is -0.154. The fourth-order valence-corrected chi connectivity index (χ4v) is 5.52. The quantitative estimate of drug-likeness (QED) is 0.0834. The van der Waals surface area contributed by atoms with Gasteiger partial charge in [-0.25, -0.2) is 26.3 Å². The van der Waals surface area contributed by atoms with E-state index in [0.29, 0.717) is 11.4 Å². The number of hydrogen-bond donors (Lipinski definition) is 1. The van der Waals surface area contributed by atoms with Crippen molar-refractivity contribution in [3.05, 3.63) is 165 Å². The molecule has 6 aromatic rings. The number of aliphatic carboxylic acids is 1. The van der Waals surface area contributed by atoms with E-state index in [1.54, 1.807) is 20.8 Å². The summed E-state index contributed by atoms with van der Waals surface area (Å²) in [5.41, 5.74) is -0.472. The molecule has 0 saturated carbocycles. The van der Waals surface area contributed by atoms with E-state index >= 15 is 0 Å². The monoisotopic (exact) mass is 902 g/mol. The highest BCUT2D eigenvalue weighted by atomic mass is 35.5. The van der Waals surface area contributed by atoms with Crippen LogP contribution in [-0.4, -0.2) is 32.6 Å². The maximum Gasteiger partial charge on any atom is 0.310 e. The minimum Gasteiger partial charge on any atom is -0.484 e. The molecule has 0 radical (unpaired) electrons. The van der Waals surface area contributed by atoms with E-state index in [9.17, 15) is 35.9 Å². The van der Waals surface area contributed by atoms with E-state index in [1.807, 2.05) is 0 Å². The summed E-state index contributed by atoms with van der Waals surface area (Å²) in [4.78, 5) is 30.7. The van der Waals surface area contributed by atoms with Crippen LogP contribution in [-0.2, 0) is 40.4 Å². The molecule has 62 heavy (non-hydrogen) atoms. The molecule has 0 aliphatic heterocycles. The highest BCUT2D eigenvalue weighted by molar-refractivity contribution is 6.30. The molecule has 1 N–H and O–H groups in total. The number of aromatic nitrogens is 2. The zero-order valence-corrected chi connectivity index (χ0v) is 34.3. The molecule has 0 amide bonds. The van der Waals surface area contributed by atoms with Crippen molar-refractivity contribution < 1.29 is 64.7 Å². The Hall–Kier alpha value is -6.52. The van der Waals surface area contributed by atoms with E-state index in [2.05, 4.69) is 9.97 Å². The van der Waals surface area contributed by atoms with Crippen LogP contribution in [0.2, 0.25) is 10.0 Å². The Bertz CT molecular complexity index is 2580. The normalized spacial score (nSPS) is 11.0. The molecule has 0 spiro atoms. The fourth-order valence-electron chi connectivity index (χ4n) is 5.20. The second kappa shape index (κ2) is 20.8. The van der Waals surface area contributed by atoms with Crippen molar-refractivity contribution in [1.82, 2.24) is 9.97 Å². The molecule has 2 aromatic heterocycles. The average Bonchev–Trinajstić information content (AvgIpc) is 3.18. The highest BCUT2D eigenvalue weighted by Gasteiger charge is 2.21. The first kappa shape index (κ1) is 46.5. The molecule has 6 rings (SSSR count). The Morgan fingerprint density at radius 3 is 1.39 bits per heavy atom. The molecule has 0 aliphatic rings. The van der Waals surface area contributed by atoms with E-state index in [0.717, 1.165) is 36.4 Å². The molecular formula is C44H34Cl2F6N2O8. The van der Waals surface area contributed by atoms with Gasteiger partial charge >= 0.3 is 11.9 Å². The van der Waals surface area contributed by atoms with Crippen LogP contribution >= 0.6 is 23.2 Å². The van der Waals surface area contributed by atoms with Crippen molar-refractivity contribution in [3.8, 4) is 34.5 Å². The van der Waals surface area contributed by atoms with Gasteiger partial charge in [0.2, 0.25) is 0 Å². The number of carbonyl (C=O) groups excluding carboxylic acids is 1. The van der Waals surface area contributed by atoms with Crippen LogP contribution in [0.3, 0.4) is 0 Å². The van der Waals surface area contributed by atoms with Gasteiger partial charge in [-0.3, -0.25) is 19.6 Å². The summed E-state index contributed by atoms with van der Waals surface area (Å²) in [5, 5.41) is 9.18. The number of ether oxygens (including phenoxy) is 5. The number of carboxylic acids is 1. The molecule has 0 fully saturated rings. The van der Waals surface area contributed by atoms with E-state index in [1.165, 1.54) is 60.9 Å². The topological polar surface area (TPSA) is 126 Å². The van der Waals surface area contributed by atoms with Crippen LogP contribution in [0.1, 0.15) is 43.3 Å². The summed E-state index contributed by atoms with van der Waals surface area (Å²) < 4.78 is 111. The smallest absolute Gasteiger partial charge is 0.310 e. The molecule has 4 aromatic carbocycles. The van der Waals surface area contributed by atoms with Gasteiger partial charge in [0, 0.05) is 57.8 Å². The maximum atomic E-state index is 14.5. The van der Waals surface area contributed by atoms with Crippen molar-refractivity contribution >= 4 is 35.1 Å². The van der Waals surface area contributed by atoms with Gasteiger partial charge in [0.15, 0.2) is 46.3 Å². The number of hydrogen-bond acceptors (Lipinski definition) is 9. The average molecular weight is 904 g/mol. The molecule has 0 bridgehead atoms. The van der Waals surface area contributed by atoms with Gasteiger partial charge in [-0.1, -0.05) is 23.2 Å². The number of carboxylic acid groups (broad SMARTS) is 1. The first-order valence-corrected chi connectivity index (χ1v) is 18.9. The molecule has 2 heterocycles. The lowest BCUT2D eigenvalue weighted by Gasteiger charge is -2.19. The molecule has 0 unspecified atom stereocenters. The maximum absolute atomic E-state index is 14.5. The van der Waals surface area contributed by atoms with E-state index in [-0.39, 0.29) is 63.1 Å². The van der Waals surface area contributed by atoms with Crippen molar-refractivity contribution in [2.24, 2.45) is 0 Å². The van der Waals surface area contributed by atoms with Crippen LogP contribution < -0.4 is 18.9 Å². The van der Waals surface area contributed by atoms with Crippen LogP contribution in [0, 0.1) is 34.9 Å². The summed E-state index contributed by atoms with van der Waals surface area (Å²) in [5.74, 6) is -7.23. The van der Waals surface area contributed by atoms with E-state index < -0.39 is 71.0 Å². The van der Waals surface area contributed by atoms with Gasteiger partial charge in [0.05, 0.1) is 24.2 Å². The van der Waals surface area contributed by atoms with Crippen LogP contribution in [0.25, 0.3) is 0 Å². The summed E-state index contributed by atoms with van der Waals surface area (Å²) in [7, 11) is 0. The lowest BCUT2D eigenvalue weighted by Crippen LogP contribution is -2.25. The number of esters is 1. The van der Waals surface area contributed by atoms with Crippen LogP contribution in [0.4, 0.5) is 26.3 Å². The number of benzene rings is 4. The molecule has 0 saturated heterocycles. The predicted octanol–water partition coefficient (Wildman–Crippen LogP) is 11.6. The third kappa shape index (κ3) is 14.0. The minimum atomic E-state index is -1.28. The second-order valence-electron chi connectivity index (χ2n) is 14.0. The fraction of sp³-hybridized carbons (Fsp3) is 0.182. The van der Waals surface area contributed by atoms with Gasteiger partial charge in [-0.05, 0) is 81.4 Å². The highest BCUT2D eigenvalue weighted by Crippen LogP contribution is 2.30. The number of carbonyl (C=O) groups is 2. The van der Waals surface area contributed by atoms with E-state index in [4.69, 9.17) is 52.0 Å². The number of halogens is 8. The zero-order chi connectivity index (χ0) is 45.1. The Balaban J connectivity index is 0.000000236. The first-order valence-electron chi connectivity index (χ1n) is 18.1. The molecule has 0 aliphatic carbocycles. The van der Waals surface area contributed by atoms with Gasteiger partial charge in [-0.2, -0.15) is 0 Å². The van der Waals surface area contributed by atoms with Gasteiger partial charge in [0.1, 0.15) is 41.9 Å². The Morgan fingerprint density at radius 1 is 0.565 bits per heavy atom. The van der Waals surface area contributed by atoms with Gasteiger partial charge in [-0.15, -0.1) is 0 Å². The number of nitrogens with zero attached hydrogens (tertiary/aromatic N) is 2. The van der Waals surface area contributed by atoms with Gasteiger partial charge < -0.3 is 28.8 Å². The summed E-state index contributed by atoms with van der Waals surface area (Å²) >= 11 is 11.4. The van der Waals surface area contributed by atoms with Crippen molar-refractivity contribution in [2.45, 2.75) is 52.4 Å². The summed E-state index contributed by atoms with van der Waals surface area (Å²) in [6.07, 6.45) is 1.68. The summed E-state index contributed by atoms with van der Waals surface area (Å²) in [6.45, 7) is 4.84. The molecule has 0 atom stereocenters. The zero-order valence-electron chi connectivity index (χ0n) is 32.8. The molecule has 10 nitrogen and oxygen atoms in total. The van der Waals surface area contributed by atoms with Crippen LogP contribution in [0.5, 0.6) is 34.5 Å². The lowest BCUT2D eigenvalue weighted by atomic mass is 10.1. The summed E-state index contributed by atoms with van der Waals surface area (Å²) in [6, 6.07) is 16.9. The SMILES string of the molecule is CC(C)(C)OC(=O)Cc1cc(F)c(Oc2ccnc(COc3ccc(Cl)cc3F)c2)cc1F.O=C(O)Cc1cc(F)c(Oc2ccnc(COc3ccc(Cl)cc3F)c2)cc1F. The molecule has 18 heteroatoms. The standard InChI is InChI=1S/C24H21ClF3NO4.C20H13ClF3NO4/c1-24(2,3)33-23(30)9-14-8-19(27)22(12-18(14)26)32-17-6-7-29-16(11-17)13-31-21-5-4-15(25)10-20(21)28;21-12-1-2-18(17(24)7-12)28-10-13-8-14(3-4-25-13)29-19-9-15(22)11(5-16(19)23)6-20(26)27/h4-8,10-12H,9,13H2,1-3H3;1-5,7-9H,6,10H2,(H,26,27). The van der Waals surface area contributed by atoms with Crippen molar-refractivity contribution in [3.63, 3.8) is 0 Å². The Morgan fingerprint density at radius 2 is 0.984 bits per heavy atom. The minimum absolute atomic E-state index is 0.0128. The Labute approximate surface area is 360 Å². The van der Waals surface area contributed by atoms with Crippen LogP contribution in [0.15, 0.2) is 97.3 Å². The van der Waals surface area contributed by atoms with Gasteiger partial charge in [0.25, 0.3) is 0 Å². The number of pyridine rings is 2.